The molecule has 0 spiro atoms. The predicted molar refractivity (Wildman–Crippen MR) is 103 cm³/mol. The van der Waals surface area contributed by atoms with Crippen LogP contribution in [0.15, 0.2) is 33.7 Å². The van der Waals surface area contributed by atoms with E-state index < -0.39 is 10.0 Å². The topological polar surface area (TPSA) is 81.4 Å². The molecule has 0 aliphatic rings. The highest BCUT2D eigenvalue weighted by atomic mass is 32.2. The van der Waals surface area contributed by atoms with E-state index >= 15 is 0 Å². The van der Waals surface area contributed by atoms with E-state index in [0.29, 0.717) is 27.6 Å². The van der Waals surface area contributed by atoms with Gasteiger partial charge in [-0.3, -0.25) is 4.72 Å². The van der Waals surface area contributed by atoms with E-state index in [2.05, 4.69) is 9.88 Å². The minimum Gasteiger partial charge on any atom is -0.497 e. The molecule has 26 heavy (non-hydrogen) atoms. The van der Waals surface area contributed by atoms with Crippen molar-refractivity contribution in [1.29, 1.82) is 0 Å². The third kappa shape index (κ3) is 3.22. The van der Waals surface area contributed by atoms with Gasteiger partial charge in [-0.05, 0) is 39.8 Å². The average molecular weight is 393 g/mol. The van der Waals surface area contributed by atoms with Gasteiger partial charge in [0, 0.05) is 21.4 Å². The number of anilines is 1. The number of sulfonamides is 1. The number of hydrogen-bond donors (Lipinski definition) is 1. The van der Waals surface area contributed by atoms with Gasteiger partial charge in [0.25, 0.3) is 10.0 Å². The zero-order chi connectivity index (χ0) is 19.1. The van der Waals surface area contributed by atoms with Crippen molar-refractivity contribution >= 4 is 27.0 Å². The van der Waals surface area contributed by atoms with Gasteiger partial charge in [0.15, 0.2) is 5.76 Å². The van der Waals surface area contributed by atoms with E-state index in [1.165, 1.54) is 18.4 Å². The minimum absolute atomic E-state index is 0.224. The fraction of sp³-hybridized carbons (Fsp3) is 0.278. The number of thiophene rings is 1. The fourth-order valence-corrected chi connectivity index (χ4v) is 5.69. The Labute approximate surface area is 156 Å². The molecule has 0 atom stereocenters. The Kier molecular flexibility index (Phi) is 4.81. The normalized spacial score (nSPS) is 11.6. The van der Waals surface area contributed by atoms with Crippen molar-refractivity contribution in [1.82, 2.24) is 5.16 Å². The third-order valence-corrected chi connectivity index (χ3v) is 6.88. The molecule has 3 aromatic rings. The van der Waals surface area contributed by atoms with Crippen LogP contribution in [0.2, 0.25) is 0 Å². The molecule has 1 N–H and O–H groups in total. The summed E-state index contributed by atoms with van der Waals surface area (Å²) in [4.78, 5) is 1.79. The van der Waals surface area contributed by atoms with Crippen molar-refractivity contribution in [3.05, 3.63) is 45.3 Å². The molecule has 0 aliphatic heterocycles. The number of aromatic nitrogens is 1. The lowest BCUT2D eigenvalue weighted by molar-refractivity contribution is 0.415. The second-order valence-corrected chi connectivity index (χ2v) is 9.03. The van der Waals surface area contributed by atoms with Gasteiger partial charge in [0.1, 0.15) is 10.6 Å². The van der Waals surface area contributed by atoms with Gasteiger partial charge in [-0.1, -0.05) is 11.2 Å². The van der Waals surface area contributed by atoms with E-state index in [0.717, 1.165) is 16.1 Å². The molecular weight excluding hydrogens is 372 g/mol. The van der Waals surface area contributed by atoms with Crippen LogP contribution in [0, 0.1) is 27.7 Å². The van der Waals surface area contributed by atoms with Crippen LogP contribution in [-0.2, 0) is 10.0 Å². The van der Waals surface area contributed by atoms with Crippen molar-refractivity contribution < 1.29 is 17.7 Å². The molecule has 0 saturated heterocycles. The molecule has 0 amide bonds. The second-order valence-electron chi connectivity index (χ2n) is 5.98. The Bertz CT molecular complexity index is 1070. The van der Waals surface area contributed by atoms with Gasteiger partial charge in [0.2, 0.25) is 0 Å². The molecule has 2 aromatic heterocycles. The minimum atomic E-state index is -3.82. The Morgan fingerprint density at radius 2 is 1.88 bits per heavy atom. The summed E-state index contributed by atoms with van der Waals surface area (Å²) in [5, 5.41) is 3.97. The molecule has 1 aromatic carbocycles. The lowest BCUT2D eigenvalue weighted by Crippen LogP contribution is -2.14. The summed E-state index contributed by atoms with van der Waals surface area (Å²) >= 11 is 1.42. The smallest absolute Gasteiger partial charge is 0.263 e. The Morgan fingerprint density at radius 3 is 2.50 bits per heavy atom. The maximum absolute atomic E-state index is 13.1. The third-order valence-electron chi connectivity index (χ3n) is 4.18. The van der Waals surface area contributed by atoms with Gasteiger partial charge in [0.05, 0.1) is 24.1 Å². The number of rotatable bonds is 5. The largest absolute Gasteiger partial charge is 0.497 e. The SMILES string of the molecule is COc1cccc(NS(=O)(=O)c2c(C)sc(C)c2-c2onc(C)c2C)c1. The highest BCUT2D eigenvalue weighted by Gasteiger charge is 2.29. The predicted octanol–water partition coefficient (Wildman–Crippen LogP) is 4.45. The van der Waals surface area contributed by atoms with Crippen LogP contribution in [0.1, 0.15) is 21.0 Å². The quantitative estimate of drug-likeness (QED) is 0.694. The van der Waals surface area contributed by atoms with Crippen molar-refractivity contribution in [3.8, 4) is 17.1 Å². The zero-order valence-corrected chi connectivity index (χ0v) is 16.8. The molecule has 2 heterocycles. The second kappa shape index (κ2) is 6.77. The Hall–Kier alpha value is -2.32. The van der Waals surface area contributed by atoms with Gasteiger partial charge >= 0.3 is 0 Å². The summed E-state index contributed by atoms with van der Waals surface area (Å²) in [6.07, 6.45) is 0. The van der Waals surface area contributed by atoms with Gasteiger partial charge in [-0.15, -0.1) is 11.3 Å². The zero-order valence-electron chi connectivity index (χ0n) is 15.2. The summed E-state index contributed by atoms with van der Waals surface area (Å²) in [7, 11) is -2.28. The Morgan fingerprint density at radius 1 is 1.15 bits per heavy atom. The number of nitrogens with one attached hydrogen (secondary N) is 1. The van der Waals surface area contributed by atoms with Crippen LogP contribution in [0.25, 0.3) is 11.3 Å². The average Bonchev–Trinajstić information content (AvgIpc) is 3.06. The molecule has 0 bridgehead atoms. The van der Waals surface area contributed by atoms with E-state index in [4.69, 9.17) is 9.26 Å². The first-order valence-corrected chi connectivity index (χ1v) is 10.2. The molecule has 0 radical (unpaired) electrons. The monoisotopic (exact) mass is 392 g/mol. The maximum Gasteiger partial charge on any atom is 0.263 e. The highest BCUT2D eigenvalue weighted by molar-refractivity contribution is 7.93. The molecular formula is C18H20N2O4S2. The van der Waals surface area contributed by atoms with Gasteiger partial charge < -0.3 is 9.26 Å². The van der Waals surface area contributed by atoms with Crippen LogP contribution in [-0.4, -0.2) is 20.7 Å². The first-order chi connectivity index (χ1) is 12.2. The van der Waals surface area contributed by atoms with Crippen molar-refractivity contribution in [2.45, 2.75) is 32.6 Å². The van der Waals surface area contributed by atoms with E-state index in [1.54, 1.807) is 31.2 Å². The standard InChI is InChI=1S/C18H20N2O4S2/c1-10-11(2)19-24-17(10)16-12(3)25-13(4)18(16)26(21,22)20-14-7-6-8-15(9-14)23-5/h6-9,20H,1-5H3. The van der Waals surface area contributed by atoms with Crippen LogP contribution in [0.5, 0.6) is 5.75 Å². The fourth-order valence-electron chi connectivity index (χ4n) is 2.79. The van der Waals surface area contributed by atoms with Crippen LogP contribution >= 0.6 is 11.3 Å². The lowest BCUT2D eigenvalue weighted by atomic mass is 10.1. The lowest BCUT2D eigenvalue weighted by Gasteiger charge is -2.11. The molecule has 0 unspecified atom stereocenters. The highest BCUT2D eigenvalue weighted by Crippen LogP contribution is 2.41. The summed E-state index contributed by atoms with van der Waals surface area (Å²) < 4.78 is 39.5. The number of aryl methyl sites for hydroxylation is 3. The van der Waals surface area contributed by atoms with Crippen molar-refractivity contribution in [2.75, 3.05) is 11.8 Å². The van der Waals surface area contributed by atoms with Crippen molar-refractivity contribution in [2.24, 2.45) is 0 Å². The maximum atomic E-state index is 13.1. The summed E-state index contributed by atoms with van der Waals surface area (Å²) in [5.41, 5.74) is 2.58. The summed E-state index contributed by atoms with van der Waals surface area (Å²) in [6, 6.07) is 6.80. The van der Waals surface area contributed by atoms with E-state index in [9.17, 15) is 8.42 Å². The molecule has 6 nitrogen and oxygen atoms in total. The van der Waals surface area contributed by atoms with Crippen molar-refractivity contribution in [3.63, 3.8) is 0 Å². The van der Waals surface area contributed by atoms with Crippen LogP contribution in [0.3, 0.4) is 0 Å². The molecule has 8 heteroatoms. The van der Waals surface area contributed by atoms with Gasteiger partial charge in [-0.2, -0.15) is 0 Å². The molecule has 3 rings (SSSR count). The first-order valence-electron chi connectivity index (χ1n) is 7.94. The molecule has 138 valence electrons. The summed E-state index contributed by atoms with van der Waals surface area (Å²) in [6.45, 7) is 7.38. The van der Waals surface area contributed by atoms with Crippen LogP contribution < -0.4 is 9.46 Å². The van der Waals surface area contributed by atoms with Gasteiger partial charge in [-0.25, -0.2) is 8.42 Å². The number of nitrogens with zero attached hydrogens (tertiary/aromatic N) is 1. The number of hydrogen-bond acceptors (Lipinski definition) is 6. The summed E-state index contributed by atoms with van der Waals surface area (Å²) in [5.74, 6) is 1.07. The molecule has 0 fully saturated rings. The first kappa shape index (κ1) is 18.5. The Balaban J connectivity index is 2.12. The number of ether oxygens (including phenoxy) is 1. The molecule has 0 saturated carbocycles. The number of methoxy groups -OCH3 is 1. The van der Waals surface area contributed by atoms with E-state index in [-0.39, 0.29) is 4.90 Å². The number of benzene rings is 1. The van der Waals surface area contributed by atoms with E-state index in [1.807, 2.05) is 20.8 Å². The molecule has 0 aliphatic carbocycles. The van der Waals surface area contributed by atoms with Crippen LogP contribution in [0.4, 0.5) is 5.69 Å².